The summed E-state index contributed by atoms with van der Waals surface area (Å²) in [5.41, 5.74) is 2.45. The van der Waals surface area contributed by atoms with Gasteiger partial charge < -0.3 is 5.32 Å². The molecule has 1 heterocycles. The van der Waals surface area contributed by atoms with Crippen LogP contribution in [-0.2, 0) is 16.0 Å². The fourth-order valence-electron chi connectivity index (χ4n) is 2.70. The van der Waals surface area contributed by atoms with E-state index in [1.165, 1.54) is 16.8 Å². The molecule has 0 aliphatic carbocycles. The van der Waals surface area contributed by atoms with Gasteiger partial charge in [-0.2, -0.15) is 0 Å². The molecule has 3 rings (SSSR count). The first-order valence-corrected chi connectivity index (χ1v) is 9.25. The van der Waals surface area contributed by atoms with Crippen molar-refractivity contribution < 1.29 is 9.59 Å². The summed E-state index contributed by atoms with van der Waals surface area (Å²) in [6.07, 6.45) is 0.222. The molecule has 0 saturated heterocycles. The molecule has 0 unspecified atom stereocenters. The van der Waals surface area contributed by atoms with Crippen LogP contribution in [0.15, 0.2) is 48.0 Å². The third-order valence-corrected chi connectivity index (χ3v) is 4.64. The molecule has 0 radical (unpaired) electrons. The Morgan fingerprint density at radius 1 is 1.12 bits per heavy atom. The Labute approximate surface area is 155 Å². The highest BCUT2D eigenvalue weighted by Gasteiger charge is 2.25. The standard InChI is InChI=1S/C19H20N4O2S/c1-12(2)17(18(25)22-19-23-20-11-26-19)21-16(24)10-13-7-8-14-5-3-4-6-15(14)9-13/h3-9,11-12,17H,10H2,1-2H3,(H,21,24)(H,22,23,25)/t17-/m0/s1. The van der Waals surface area contributed by atoms with Crippen LogP contribution in [0.3, 0.4) is 0 Å². The van der Waals surface area contributed by atoms with Gasteiger partial charge in [0, 0.05) is 0 Å². The highest BCUT2D eigenvalue weighted by molar-refractivity contribution is 7.13. The van der Waals surface area contributed by atoms with E-state index in [0.717, 1.165) is 16.3 Å². The Balaban J connectivity index is 1.66. The number of benzene rings is 2. The van der Waals surface area contributed by atoms with Crippen molar-refractivity contribution in [1.29, 1.82) is 0 Å². The Bertz CT molecular complexity index is 909. The Hall–Kier alpha value is -2.80. The zero-order valence-electron chi connectivity index (χ0n) is 14.6. The SMILES string of the molecule is CC(C)[C@H](NC(=O)Cc1ccc2ccccc2c1)C(=O)Nc1nncs1. The molecule has 0 bridgehead atoms. The first-order valence-electron chi connectivity index (χ1n) is 8.37. The first-order chi connectivity index (χ1) is 12.5. The molecule has 0 aliphatic rings. The minimum Gasteiger partial charge on any atom is -0.344 e. The van der Waals surface area contributed by atoms with Gasteiger partial charge in [0.05, 0.1) is 6.42 Å². The van der Waals surface area contributed by atoms with Crippen molar-refractivity contribution >= 4 is 39.1 Å². The largest absolute Gasteiger partial charge is 0.344 e. The first kappa shape index (κ1) is 18.0. The lowest BCUT2D eigenvalue weighted by atomic mass is 10.0. The second-order valence-corrected chi connectivity index (χ2v) is 7.21. The number of hydrogen-bond acceptors (Lipinski definition) is 5. The maximum absolute atomic E-state index is 12.5. The van der Waals surface area contributed by atoms with Crippen molar-refractivity contribution in [3.05, 3.63) is 53.5 Å². The number of aromatic nitrogens is 2. The number of rotatable bonds is 6. The normalized spacial score (nSPS) is 12.1. The van der Waals surface area contributed by atoms with Crippen LogP contribution in [0.25, 0.3) is 10.8 Å². The molecule has 3 aromatic rings. The highest BCUT2D eigenvalue weighted by Crippen LogP contribution is 2.16. The van der Waals surface area contributed by atoms with Gasteiger partial charge >= 0.3 is 0 Å². The number of nitrogens with one attached hydrogen (secondary N) is 2. The van der Waals surface area contributed by atoms with Crippen molar-refractivity contribution in [2.24, 2.45) is 5.92 Å². The van der Waals surface area contributed by atoms with E-state index in [0.29, 0.717) is 5.13 Å². The van der Waals surface area contributed by atoms with Crippen molar-refractivity contribution in [2.75, 3.05) is 5.32 Å². The van der Waals surface area contributed by atoms with Gasteiger partial charge in [-0.1, -0.05) is 67.6 Å². The predicted octanol–water partition coefficient (Wildman–Crippen LogP) is 3.01. The third-order valence-electron chi connectivity index (χ3n) is 4.03. The van der Waals surface area contributed by atoms with Crippen LogP contribution in [0.2, 0.25) is 0 Å². The number of nitrogens with zero attached hydrogens (tertiary/aromatic N) is 2. The second-order valence-electron chi connectivity index (χ2n) is 6.38. The van der Waals surface area contributed by atoms with Gasteiger partial charge in [-0.3, -0.25) is 14.9 Å². The summed E-state index contributed by atoms with van der Waals surface area (Å²) in [4.78, 5) is 24.9. The number of hydrogen-bond donors (Lipinski definition) is 2. The van der Waals surface area contributed by atoms with Crippen molar-refractivity contribution in [3.8, 4) is 0 Å². The zero-order valence-corrected chi connectivity index (χ0v) is 15.4. The zero-order chi connectivity index (χ0) is 18.5. The van der Waals surface area contributed by atoms with Crippen LogP contribution in [0, 0.1) is 5.92 Å². The van der Waals surface area contributed by atoms with Crippen LogP contribution in [0.5, 0.6) is 0 Å². The molecule has 134 valence electrons. The fraction of sp³-hybridized carbons (Fsp3) is 0.263. The summed E-state index contributed by atoms with van der Waals surface area (Å²) in [7, 11) is 0. The summed E-state index contributed by atoms with van der Waals surface area (Å²) >= 11 is 1.24. The smallest absolute Gasteiger partial charge is 0.249 e. The molecular weight excluding hydrogens is 348 g/mol. The molecule has 7 heteroatoms. The molecule has 0 fully saturated rings. The number of fused-ring (bicyclic) bond motifs is 1. The second kappa shape index (κ2) is 8.05. The fourth-order valence-corrected chi connectivity index (χ4v) is 3.15. The Morgan fingerprint density at radius 3 is 2.58 bits per heavy atom. The minimum absolute atomic E-state index is 0.0523. The molecule has 6 nitrogen and oxygen atoms in total. The van der Waals surface area contributed by atoms with E-state index in [-0.39, 0.29) is 24.2 Å². The van der Waals surface area contributed by atoms with Gasteiger partial charge in [-0.25, -0.2) is 0 Å². The summed E-state index contributed by atoms with van der Waals surface area (Å²) in [5, 5.41) is 15.6. The number of anilines is 1. The molecule has 0 spiro atoms. The van der Waals surface area contributed by atoms with Gasteiger partial charge in [0.1, 0.15) is 11.6 Å². The van der Waals surface area contributed by atoms with E-state index in [1.54, 1.807) is 0 Å². The minimum atomic E-state index is -0.633. The molecule has 0 saturated carbocycles. The molecule has 2 N–H and O–H groups in total. The average molecular weight is 368 g/mol. The van der Waals surface area contributed by atoms with E-state index in [2.05, 4.69) is 20.8 Å². The number of carbonyl (C=O) groups excluding carboxylic acids is 2. The molecule has 1 atom stereocenters. The van der Waals surface area contributed by atoms with E-state index in [1.807, 2.05) is 56.3 Å². The third kappa shape index (κ3) is 4.43. The summed E-state index contributed by atoms with van der Waals surface area (Å²) in [6.45, 7) is 3.78. The van der Waals surface area contributed by atoms with E-state index in [9.17, 15) is 9.59 Å². The van der Waals surface area contributed by atoms with Gasteiger partial charge in [-0.05, 0) is 22.3 Å². The maximum Gasteiger partial charge on any atom is 0.249 e. The summed E-state index contributed by atoms with van der Waals surface area (Å²) in [6, 6.07) is 13.3. The molecule has 2 aromatic carbocycles. The van der Waals surface area contributed by atoms with E-state index < -0.39 is 6.04 Å². The predicted molar refractivity (Wildman–Crippen MR) is 103 cm³/mol. The lowest BCUT2D eigenvalue weighted by Crippen LogP contribution is -2.47. The van der Waals surface area contributed by atoms with Crippen LogP contribution < -0.4 is 10.6 Å². The molecule has 26 heavy (non-hydrogen) atoms. The summed E-state index contributed by atoms with van der Waals surface area (Å²) in [5.74, 6) is -0.529. The van der Waals surface area contributed by atoms with E-state index in [4.69, 9.17) is 0 Å². The van der Waals surface area contributed by atoms with Gasteiger partial charge in [0.15, 0.2) is 0 Å². The molecule has 1 aromatic heterocycles. The van der Waals surface area contributed by atoms with Crippen LogP contribution in [0.1, 0.15) is 19.4 Å². The topological polar surface area (TPSA) is 84.0 Å². The average Bonchev–Trinajstić information content (AvgIpc) is 3.12. The lowest BCUT2D eigenvalue weighted by molar-refractivity contribution is -0.127. The monoisotopic (exact) mass is 368 g/mol. The lowest BCUT2D eigenvalue weighted by Gasteiger charge is -2.21. The summed E-state index contributed by atoms with van der Waals surface area (Å²) < 4.78 is 0. The Morgan fingerprint density at radius 2 is 1.88 bits per heavy atom. The highest BCUT2D eigenvalue weighted by atomic mass is 32.1. The van der Waals surface area contributed by atoms with Gasteiger partial charge in [0.2, 0.25) is 16.9 Å². The van der Waals surface area contributed by atoms with Crippen LogP contribution >= 0.6 is 11.3 Å². The van der Waals surface area contributed by atoms with Gasteiger partial charge in [-0.15, -0.1) is 10.2 Å². The van der Waals surface area contributed by atoms with Crippen molar-refractivity contribution in [3.63, 3.8) is 0 Å². The van der Waals surface area contributed by atoms with Crippen LogP contribution in [0.4, 0.5) is 5.13 Å². The quantitative estimate of drug-likeness (QED) is 0.700. The molecule has 0 aliphatic heterocycles. The Kier molecular flexibility index (Phi) is 5.58. The van der Waals surface area contributed by atoms with E-state index >= 15 is 0 Å². The maximum atomic E-state index is 12.5. The number of carbonyl (C=O) groups is 2. The molecule has 2 amide bonds. The van der Waals surface area contributed by atoms with Gasteiger partial charge in [0.25, 0.3) is 0 Å². The molecular formula is C19H20N4O2S. The van der Waals surface area contributed by atoms with Crippen molar-refractivity contribution in [1.82, 2.24) is 15.5 Å². The van der Waals surface area contributed by atoms with Crippen LogP contribution in [-0.4, -0.2) is 28.1 Å². The van der Waals surface area contributed by atoms with Crippen molar-refractivity contribution in [2.45, 2.75) is 26.3 Å². The number of amides is 2.